The minimum Gasteiger partial charge on any atom is -0.452 e. The maximum Gasteiger partial charge on any atom is 0.311 e. The van der Waals surface area contributed by atoms with Crippen LogP contribution in [0, 0.1) is 11.6 Å². The number of amides is 1. The van der Waals surface area contributed by atoms with Crippen LogP contribution in [0.3, 0.4) is 0 Å². The van der Waals surface area contributed by atoms with Crippen LogP contribution in [-0.4, -0.2) is 18.0 Å². The van der Waals surface area contributed by atoms with Crippen LogP contribution < -0.4 is 5.32 Å². The number of benzene rings is 2. The van der Waals surface area contributed by atoms with Crippen molar-refractivity contribution in [1.82, 2.24) is 0 Å². The Bertz CT molecular complexity index is 750. The molecule has 2 rings (SSSR count). The summed E-state index contributed by atoms with van der Waals surface area (Å²) < 4.78 is 32.4. The smallest absolute Gasteiger partial charge is 0.311 e. The fourth-order valence-corrected chi connectivity index (χ4v) is 2.15. The molecular weight excluding hydrogens is 384 g/mol. The first-order chi connectivity index (χ1) is 11.3. The maximum absolute atomic E-state index is 13.5. The average Bonchev–Trinajstić information content (AvgIpc) is 2.53. The van der Waals surface area contributed by atoms with Gasteiger partial charge >= 0.3 is 5.97 Å². The molecule has 7 heteroatoms. The summed E-state index contributed by atoms with van der Waals surface area (Å²) in [4.78, 5) is 23.8. The minimum absolute atomic E-state index is 0.000768. The third-order valence-electron chi connectivity index (χ3n) is 3.13. The highest BCUT2D eigenvalue weighted by atomic mass is 79.9. The van der Waals surface area contributed by atoms with Crippen molar-refractivity contribution in [2.75, 3.05) is 5.32 Å². The number of anilines is 1. The van der Waals surface area contributed by atoms with E-state index in [-0.39, 0.29) is 12.1 Å². The van der Waals surface area contributed by atoms with Gasteiger partial charge in [0.1, 0.15) is 11.6 Å². The van der Waals surface area contributed by atoms with Gasteiger partial charge in [-0.05, 0) is 36.8 Å². The lowest BCUT2D eigenvalue weighted by atomic mass is 10.1. The van der Waals surface area contributed by atoms with Crippen molar-refractivity contribution in [3.05, 3.63) is 64.1 Å². The van der Waals surface area contributed by atoms with Crippen molar-refractivity contribution in [1.29, 1.82) is 0 Å². The Balaban J connectivity index is 1.92. The van der Waals surface area contributed by atoms with Crippen LogP contribution >= 0.6 is 15.9 Å². The average molecular weight is 398 g/mol. The molecule has 0 aliphatic heterocycles. The van der Waals surface area contributed by atoms with E-state index in [0.29, 0.717) is 0 Å². The van der Waals surface area contributed by atoms with Crippen LogP contribution in [0.5, 0.6) is 0 Å². The Kier molecular flexibility index (Phi) is 6.03. The normalized spacial score (nSPS) is 11.7. The number of hydrogen-bond donors (Lipinski definition) is 1. The molecule has 126 valence electrons. The molecule has 1 N–H and O–H groups in total. The Morgan fingerprint density at radius 1 is 1.17 bits per heavy atom. The van der Waals surface area contributed by atoms with Gasteiger partial charge in [0.05, 0.1) is 12.1 Å². The largest absolute Gasteiger partial charge is 0.452 e. The van der Waals surface area contributed by atoms with E-state index in [2.05, 4.69) is 21.2 Å². The standard InChI is InChI=1S/C17H14BrF2NO3/c1-10(17(23)21-15-9-13(19)6-7-14(15)20)24-16(22)8-11-2-4-12(18)5-3-11/h2-7,9-10H,8H2,1H3,(H,21,23). The van der Waals surface area contributed by atoms with Gasteiger partial charge in [-0.15, -0.1) is 0 Å². The third kappa shape index (κ3) is 5.13. The van der Waals surface area contributed by atoms with E-state index in [1.165, 1.54) is 6.92 Å². The van der Waals surface area contributed by atoms with Crippen LogP contribution in [0.25, 0.3) is 0 Å². The quantitative estimate of drug-likeness (QED) is 0.779. The number of halogens is 3. The SMILES string of the molecule is CC(OC(=O)Cc1ccc(Br)cc1)C(=O)Nc1cc(F)ccc1F. The lowest BCUT2D eigenvalue weighted by Crippen LogP contribution is -2.30. The Hall–Kier alpha value is -2.28. The molecule has 0 heterocycles. The zero-order chi connectivity index (χ0) is 17.7. The van der Waals surface area contributed by atoms with Crippen LogP contribution in [-0.2, 0) is 20.7 Å². The number of rotatable bonds is 5. The molecule has 1 unspecified atom stereocenters. The van der Waals surface area contributed by atoms with Gasteiger partial charge < -0.3 is 10.1 Å². The highest BCUT2D eigenvalue weighted by Crippen LogP contribution is 2.16. The van der Waals surface area contributed by atoms with Gasteiger partial charge in [-0.1, -0.05) is 28.1 Å². The van der Waals surface area contributed by atoms with E-state index in [0.717, 1.165) is 28.2 Å². The van der Waals surface area contributed by atoms with E-state index in [4.69, 9.17) is 4.74 Å². The molecule has 0 aliphatic carbocycles. The van der Waals surface area contributed by atoms with Gasteiger partial charge in [0, 0.05) is 10.5 Å². The number of esters is 1. The number of hydrogen-bond acceptors (Lipinski definition) is 3. The van der Waals surface area contributed by atoms with Crippen molar-refractivity contribution >= 4 is 33.5 Å². The maximum atomic E-state index is 13.5. The first-order valence-corrected chi connectivity index (χ1v) is 7.84. The molecule has 4 nitrogen and oxygen atoms in total. The molecule has 0 radical (unpaired) electrons. The summed E-state index contributed by atoms with van der Waals surface area (Å²) in [6, 6.07) is 9.75. The molecule has 0 aromatic heterocycles. The van der Waals surface area contributed by atoms with Crippen molar-refractivity contribution in [3.63, 3.8) is 0 Å². The molecule has 0 saturated carbocycles. The van der Waals surface area contributed by atoms with Crippen molar-refractivity contribution < 1.29 is 23.1 Å². The van der Waals surface area contributed by atoms with Gasteiger partial charge in [-0.2, -0.15) is 0 Å². The molecule has 1 amide bonds. The van der Waals surface area contributed by atoms with Crippen molar-refractivity contribution in [2.45, 2.75) is 19.4 Å². The van der Waals surface area contributed by atoms with E-state index < -0.39 is 29.6 Å². The van der Waals surface area contributed by atoms with Crippen LogP contribution in [0.1, 0.15) is 12.5 Å². The lowest BCUT2D eigenvalue weighted by molar-refractivity contribution is -0.152. The summed E-state index contributed by atoms with van der Waals surface area (Å²) in [5.41, 5.74) is 0.419. The van der Waals surface area contributed by atoms with E-state index in [1.54, 1.807) is 24.3 Å². The topological polar surface area (TPSA) is 55.4 Å². The van der Waals surface area contributed by atoms with E-state index in [1.807, 2.05) is 0 Å². The first kappa shape index (κ1) is 18.1. The Morgan fingerprint density at radius 3 is 2.50 bits per heavy atom. The predicted octanol–water partition coefficient (Wildman–Crippen LogP) is 3.84. The highest BCUT2D eigenvalue weighted by molar-refractivity contribution is 9.10. The van der Waals surface area contributed by atoms with Crippen molar-refractivity contribution in [2.24, 2.45) is 0 Å². The fourth-order valence-electron chi connectivity index (χ4n) is 1.89. The summed E-state index contributed by atoms with van der Waals surface area (Å²) in [6.07, 6.45) is -1.14. The second-order valence-corrected chi connectivity index (χ2v) is 5.96. The first-order valence-electron chi connectivity index (χ1n) is 7.05. The second kappa shape index (κ2) is 8.01. The Labute approximate surface area is 145 Å². The predicted molar refractivity (Wildman–Crippen MR) is 88.4 cm³/mol. The van der Waals surface area contributed by atoms with Gasteiger partial charge in [-0.3, -0.25) is 9.59 Å². The monoisotopic (exact) mass is 397 g/mol. The summed E-state index contributed by atoms with van der Waals surface area (Å²) in [7, 11) is 0. The zero-order valence-corrected chi connectivity index (χ0v) is 14.3. The molecule has 1 atom stereocenters. The van der Waals surface area contributed by atoms with Crippen LogP contribution in [0.2, 0.25) is 0 Å². The molecule has 0 bridgehead atoms. The summed E-state index contributed by atoms with van der Waals surface area (Å²) in [5.74, 6) is -2.81. The van der Waals surface area contributed by atoms with Crippen molar-refractivity contribution in [3.8, 4) is 0 Å². The Morgan fingerprint density at radius 2 is 1.83 bits per heavy atom. The number of nitrogens with one attached hydrogen (secondary N) is 1. The van der Waals surface area contributed by atoms with Gasteiger partial charge in [-0.25, -0.2) is 8.78 Å². The summed E-state index contributed by atoms with van der Waals surface area (Å²) in [5, 5.41) is 2.19. The molecule has 2 aromatic carbocycles. The lowest BCUT2D eigenvalue weighted by Gasteiger charge is -2.14. The molecule has 24 heavy (non-hydrogen) atoms. The van der Waals surface area contributed by atoms with E-state index in [9.17, 15) is 18.4 Å². The third-order valence-corrected chi connectivity index (χ3v) is 3.65. The van der Waals surface area contributed by atoms with Crippen LogP contribution in [0.4, 0.5) is 14.5 Å². The van der Waals surface area contributed by atoms with E-state index >= 15 is 0 Å². The van der Waals surface area contributed by atoms with Gasteiger partial charge in [0.15, 0.2) is 6.10 Å². The second-order valence-electron chi connectivity index (χ2n) is 5.05. The number of carbonyl (C=O) groups excluding carboxylic acids is 2. The minimum atomic E-state index is -1.14. The molecule has 0 saturated heterocycles. The van der Waals surface area contributed by atoms with Gasteiger partial charge in [0.25, 0.3) is 5.91 Å². The molecule has 2 aromatic rings. The number of ether oxygens (including phenoxy) is 1. The summed E-state index contributed by atoms with van der Waals surface area (Å²) in [6.45, 7) is 1.35. The zero-order valence-electron chi connectivity index (χ0n) is 12.7. The number of carbonyl (C=O) groups is 2. The van der Waals surface area contributed by atoms with Crippen LogP contribution in [0.15, 0.2) is 46.9 Å². The summed E-state index contributed by atoms with van der Waals surface area (Å²) >= 11 is 3.29. The molecule has 0 fully saturated rings. The van der Waals surface area contributed by atoms with Gasteiger partial charge in [0.2, 0.25) is 0 Å². The fraction of sp³-hybridized carbons (Fsp3) is 0.176. The highest BCUT2D eigenvalue weighted by Gasteiger charge is 2.19. The molecule has 0 aliphatic rings. The molecular formula is C17H14BrF2NO3. The molecule has 0 spiro atoms.